The summed E-state index contributed by atoms with van der Waals surface area (Å²) >= 11 is 0. The van der Waals surface area contributed by atoms with Crippen LogP contribution in [0, 0.1) is 10.1 Å². The normalized spacial score (nSPS) is 9.83. The molecule has 0 heterocycles. The van der Waals surface area contributed by atoms with Gasteiger partial charge in [-0.15, -0.1) is 0 Å². The Bertz CT molecular complexity index is 470. The van der Waals surface area contributed by atoms with Gasteiger partial charge in [-0.1, -0.05) is 0 Å². The molecule has 0 saturated carbocycles. The van der Waals surface area contributed by atoms with E-state index in [9.17, 15) is 19.7 Å². The zero-order chi connectivity index (χ0) is 13.5. The van der Waals surface area contributed by atoms with Gasteiger partial charge < -0.3 is 9.53 Å². The summed E-state index contributed by atoms with van der Waals surface area (Å²) in [6.07, 6.45) is 1.18. The summed E-state index contributed by atoms with van der Waals surface area (Å²) in [5.74, 6) is -0.534. The molecule has 0 saturated heterocycles. The first-order chi connectivity index (χ1) is 8.60. The number of hydrogen-bond acceptors (Lipinski definition) is 5. The number of nitro benzene ring substituents is 1. The highest BCUT2D eigenvalue weighted by atomic mass is 16.6. The van der Waals surface area contributed by atoms with E-state index in [1.807, 2.05) is 0 Å². The molecule has 0 aliphatic rings. The van der Waals surface area contributed by atoms with Crippen molar-refractivity contribution in [3.63, 3.8) is 0 Å². The molecule has 0 spiro atoms. The van der Waals surface area contributed by atoms with E-state index in [4.69, 9.17) is 4.74 Å². The molecule has 0 aliphatic heterocycles. The fraction of sp³-hybridized carbons (Fsp3) is 0.333. The third-order valence-electron chi connectivity index (χ3n) is 2.33. The van der Waals surface area contributed by atoms with Crippen LogP contribution in [0.4, 0.5) is 5.69 Å². The molecule has 96 valence electrons. The molecule has 0 atom stereocenters. The van der Waals surface area contributed by atoms with Crippen molar-refractivity contribution in [2.75, 3.05) is 6.61 Å². The van der Waals surface area contributed by atoms with Crippen molar-refractivity contribution in [1.82, 2.24) is 0 Å². The number of nitrogens with zero attached hydrogens (tertiary/aromatic N) is 1. The maximum absolute atomic E-state index is 11.6. The van der Waals surface area contributed by atoms with Crippen LogP contribution in [0.1, 0.15) is 29.3 Å². The number of non-ortho nitro benzene ring substituents is 1. The second-order valence-corrected chi connectivity index (χ2v) is 3.52. The van der Waals surface area contributed by atoms with E-state index in [-0.39, 0.29) is 30.7 Å². The van der Waals surface area contributed by atoms with Gasteiger partial charge in [-0.2, -0.15) is 0 Å². The van der Waals surface area contributed by atoms with Crippen LogP contribution in [0.25, 0.3) is 0 Å². The highest BCUT2D eigenvalue weighted by Crippen LogP contribution is 2.20. The summed E-state index contributed by atoms with van der Waals surface area (Å²) in [5, 5.41) is 10.7. The van der Waals surface area contributed by atoms with E-state index >= 15 is 0 Å². The minimum absolute atomic E-state index is 0.107. The first kappa shape index (κ1) is 13.8. The molecule has 18 heavy (non-hydrogen) atoms. The SMILES string of the molecule is CCOC(=O)c1ccc([N+](=O)[O-])cc1CCC=O. The second-order valence-electron chi connectivity index (χ2n) is 3.52. The van der Waals surface area contributed by atoms with Gasteiger partial charge >= 0.3 is 5.97 Å². The molecule has 0 aromatic heterocycles. The largest absolute Gasteiger partial charge is 0.462 e. The molecule has 6 nitrogen and oxygen atoms in total. The van der Waals surface area contributed by atoms with Gasteiger partial charge in [0.05, 0.1) is 17.1 Å². The van der Waals surface area contributed by atoms with Crippen molar-refractivity contribution in [3.8, 4) is 0 Å². The maximum atomic E-state index is 11.6. The Morgan fingerprint density at radius 2 is 2.22 bits per heavy atom. The molecule has 6 heteroatoms. The number of benzene rings is 1. The van der Waals surface area contributed by atoms with Crippen molar-refractivity contribution in [2.24, 2.45) is 0 Å². The predicted octanol–water partition coefficient (Wildman–Crippen LogP) is 1.90. The Balaban J connectivity index is 3.11. The Labute approximate surface area is 104 Å². The highest BCUT2D eigenvalue weighted by molar-refractivity contribution is 5.91. The summed E-state index contributed by atoms with van der Waals surface area (Å²) in [6, 6.07) is 3.91. The van der Waals surface area contributed by atoms with Crippen molar-refractivity contribution >= 4 is 17.9 Å². The smallest absolute Gasteiger partial charge is 0.338 e. The van der Waals surface area contributed by atoms with Crippen LogP contribution in [0.2, 0.25) is 0 Å². The van der Waals surface area contributed by atoms with Crippen LogP contribution in [0.5, 0.6) is 0 Å². The minimum atomic E-state index is -0.542. The minimum Gasteiger partial charge on any atom is -0.462 e. The van der Waals surface area contributed by atoms with Gasteiger partial charge in [-0.3, -0.25) is 10.1 Å². The van der Waals surface area contributed by atoms with Crippen LogP contribution in [0.15, 0.2) is 18.2 Å². The zero-order valence-corrected chi connectivity index (χ0v) is 9.92. The summed E-state index contributed by atoms with van der Waals surface area (Å²) in [5.41, 5.74) is 0.614. The third kappa shape index (κ3) is 3.38. The molecular formula is C12H13NO5. The van der Waals surface area contributed by atoms with Gasteiger partial charge in [-0.05, 0) is 25.0 Å². The van der Waals surface area contributed by atoms with E-state index in [1.165, 1.54) is 18.2 Å². The number of aryl methyl sites for hydroxylation is 1. The van der Waals surface area contributed by atoms with Crippen LogP contribution in [-0.4, -0.2) is 23.8 Å². The number of hydrogen-bond donors (Lipinski definition) is 0. The number of esters is 1. The van der Waals surface area contributed by atoms with Gasteiger partial charge in [-0.25, -0.2) is 4.79 Å². The molecule has 1 rings (SSSR count). The fourth-order valence-electron chi connectivity index (χ4n) is 1.52. The number of nitro groups is 1. The number of aldehydes is 1. The molecule has 0 N–H and O–H groups in total. The molecule has 0 aliphatic carbocycles. The molecule has 1 aromatic carbocycles. The van der Waals surface area contributed by atoms with Crippen molar-refractivity contribution in [3.05, 3.63) is 39.4 Å². The zero-order valence-electron chi connectivity index (χ0n) is 9.92. The van der Waals surface area contributed by atoms with Gasteiger partial charge in [0.2, 0.25) is 0 Å². The molecule has 0 fully saturated rings. The fourth-order valence-corrected chi connectivity index (χ4v) is 1.52. The van der Waals surface area contributed by atoms with E-state index < -0.39 is 10.9 Å². The Kier molecular flexibility index (Phi) is 4.98. The lowest BCUT2D eigenvalue weighted by molar-refractivity contribution is -0.384. The van der Waals surface area contributed by atoms with Crippen molar-refractivity contribution < 1.29 is 19.2 Å². The van der Waals surface area contributed by atoms with Crippen LogP contribution in [-0.2, 0) is 16.0 Å². The second kappa shape index (κ2) is 6.48. The lowest BCUT2D eigenvalue weighted by Gasteiger charge is -2.07. The van der Waals surface area contributed by atoms with Crippen molar-refractivity contribution in [2.45, 2.75) is 19.8 Å². The Morgan fingerprint density at radius 1 is 1.50 bits per heavy atom. The van der Waals surface area contributed by atoms with E-state index in [1.54, 1.807) is 6.92 Å². The van der Waals surface area contributed by atoms with Gasteiger partial charge in [0.25, 0.3) is 5.69 Å². The molecule has 0 bridgehead atoms. The van der Waals surface area contributed by atoms with Crippen LogP contribution < -0.4 is 0 Å². The first-order valence-corrected chi connectivity index (χ1v) is 5.48. The highest BCUT2D eigenvalue weighted by Gasteiger charge is 2.16. The van der Waals surface area contributed by atoms with Crippen LogP contribution >= 0.6 is 0 Å². The molecule has 0 unspecified atom stereocenters. The Morgan fingerprint density at radius 3 is 2.78 bits per heavy atom. The average Bonchev–Trinajstić information content (AvgIpc) is 2.36. The maximum Gasteiger partial charge on any atom is 0.338 e. The predicted molar refractivity (Wildman–Crippen MR) is 63.4 cm³/mol. The number of rotatable bonds is 6. The molecule has 0 radical (unpaired) electrons. The number of ether oxygens (including phenoxy) is 1. The molecule has 0 amide bonds. The Hall–Kier alpha value is -2.24. The van der Waals surface area contributed by atoms with Crippen molar-refractivity contribution in [1.29, 1.82) is 0 Å². The molecular weight excluding hydrogens is 238 g/mol. The van der Waals surface area contributed by atoms with Gasteiger partial charge in [0, 0.05) is 18.6 Å². The average molecular weight is 251 g/mol. The van der Waals surface area contributed by atoms with E-state index in [0.29, 0.717) is 11.8 Å². The quantitative estimate of drug-likeness (QED) is 0.333. The third-order valence-corrected chi connectivity index (χ3v) is 2.33. The standard InChI is InChI=1S/C12H13NO5/c1-2-18-12(15)11-6-5-10(13(16)17)8-9(11)4-3-7-14/h5-8H,2-4H2,1H3. The summed E-state index contributed by atoms with van der Waals surface area (Å²) in [6.45, 7) is 1.90. The summed E-state index contributed by atoms with van der Waals surface area (Å²) in [4.78, 5) is 32.1. The first-order valence-electron chi connectivity index (χ1n) is 5.48. The number of carbonyl (C=O) groups is 2. The lowest BCUT2D eigenvalue weighted by Crippen LogP contribution is -2.09. The topological polar surface area (TPSA) is 86.5 Å². The van der Waals surface area contributed by atoms with Gasteiger partial charge in [0.15, 0.2) is 0 Å². The number of carbonyl (C=O) groups excluding carboxylic acids is 2. The van der Waals surface area contributed by atoms with E-state index in [2.05, 4.69) is 0 Å². The van der Waals surface area contributed by atoms with Crippen LogP contribution in [0.3, 0.4) is 0 Å². The summed E-state index contributed by atoms with van der Waals surface area (Å²) in [7, 11) is 0. The van der Waals surface area contributed by atoms with Gasteiger partial charge in [0.1, 0.15) is 6.29 Å². The lowest BCUT2D eigenvalue weighted by atomic mass is 10.0. The monoisotopic (exact) mass is 251 g/mol. The molecule has 1 aromatic rings. The van der Waals surface area contributed by atoms with E-state index in [0.717, 1.165) is 0 Å². The summed E-state index contributed by atoms with van der Waals surface area (Å²) < 4.78 is 4.85.